The molecule has 0 radical (unpaired) electrons. The van der Waals surface area contributed by atoms with Gasteiger partial charge in [0.2, 0.25) is 0 Å². The minimum atomic E-state index is -0.656. The van der Waals surface area contributed by atoms with Gasteiger partial charge in [-0.15, -0.1) is 10.2 Å². The lowest BCUT2D eigenvalue weighted by Crippen LogP contribution is -2.10. The fourth-order valence-electron chi connectivity index (χ4n) is 1.61. The molecule has 0 saturated heterocycles. The first kappa shape index (κ1) is 14.0. The van der Waals surface area contributed by atoms with Gasteiger partial charge in [-0.2, -0.15) is 0 Å². The van der Waals surface area contributed by atoms with Gasteiger partial charge >= 0.3 is 5.97 Å². The first-order chi connectivity index (χ1) is 9.40. The van der Waals surface area contributed by atoms with Gasteiger partial charge < -0.3 is 15.0 Å². The van der Waals surface area contributed by atoms with Crippen LogP contribution in [0.4, 0.5) is 10.1 Å². The number of ether oxygens (including phenoxy) is 1. The predicted molar refractivity (Wildman–Crippen MR) is 70.4 cm³/mol. The number of anilines is 1. The van der Waals surface area contributed by atoms with E-state index in [1.165, 1.54) is 6.07 Å². The van der Waals surface area contributed by atoms with E-state index in [9.17, 15) is 9.18 Å². The monoisotopic (exact) mass is 278 g/mol. The van der Waals surface area contributed by atoms with Crippen molar-refractivity contribution in [3.63, 3.8) is 0 Å². The summed E-state index contributed by atoms with van der Waals surface area (Å²) in [7, 11) is 1.77. The Morgan fingerprint density at radius 2 is 2.10 bits per heavy atom. The lowest BCUT2D eigenvalue weighted by atomic mass is 10.1. The molecule has 0 aliphatic rings. The van der Waals surface area contributed by atoms with Crippen LogP contribution in [0.5, 0.6) is 0 Å². The fourth-order valence-corrected chi connectivity index (χ4v) is 1.61. The maximum atomic E-state index is 13.5. The van der Waals surface area contributed by atoms with Crippen molar-refractivity contribution in [3.05, 3.63) is 40.7 Å². The quantitative estimate of drug-likeness (QED) is 0.679. The van der Waals surface area contributed by atoms with Crippen molar-refractivity contribution >= 4 is 11.7 Å². The number of esters is 1. The first-order valence-corrected chi connectivity index (χ1v) is 5.97. The number of aryl methyl sites for hydroxylation is 1. The molecular formula is C13H15FN4O2. The summed E-state index contributed by atoms with van der Waals surface area (Å²) >= 11 is 0. The summed E-state index contributed by atoms with van der Waals surface area (Å²) in [6.07, 6.45) is 0. The predicted octanol–water partition coefficient (Wildman–Crippen LogP) is 1.51. The molecule has 0 amide bonds. The topological polar surface area (TPSA) is 83.0 Å². The van der Waals surface area contributed by atoms with E-state index >= 15 is 0 Å². The molecular weight excluding hydrogens is 263 g/mol. The molecule has 0 aliphatic carbocycles. The molecule has 106 valence electrons. The highest BCUT2D eigenvalue weighted by Gasteiger charge is 2.14. The molecule has 1 aromatic carbocycles. The molecule has 1 heterocycles. The summed E-state index contributed by atoms with van der Waals surface area (Å²) in [5, 5.41) is 7.72. The second-order valence-corrected chi connectivity index (χ2v) is 4.47. The first-order valence-electron chi connectivity index (χ1n) is 5.97. The van der Waals surface area contributed by atoms with Gasteiger partial charge in [-0.05, 0) is 26.0 Å². The smallest absolute Gasteiger partial charge is 0.338 e. The Morgan fingerprint density at radius 3 is 2.65 bits per heavy atom. The second kappa shape index (κ2) is 5.28. The van der Waals surface area contributed by atoms with Crippen LogP contribution >= 0.6 is 0 Å². The molecule has 0 fully saturated rings. The Morgan fingerprint density at radius 1 is 1.40 bits per heavy atom. The lowest BCUT2D eigenvalue weighted by molar-refractivity contribution is 0.0458. The van der Waals surface area contributed by atoms with E-state index in [2.05, 4.69) is 10.2 Å². The molecule has 2 rings (SSSR count). The number of nitrogens with two attached hydrogens (primary N) is 1. The van der Waals surface area contributed by atoms with Crippen LogP contribution in [0, 0.1) is 19.7 Å². The van der Waals surface area contributed by atoms with E-state index in [0.29, 0.717) is 17.2 Å². The molecule has 6 nitrogen and oxygen atoms in total. The fraction of sp³-hybridized carbons (Fsp3) is 0.308. The Balaban J connectivity index is 2.11. The molecule has 0 bridgehead atoms. The van der Waals surface area contributed by atoms with Crippen molar-refractivity contribution in [2.24, 2.45) is 7.05 Å². The number of carbonyl (C=O) groups is 1. The highest BCUT2D eigenvalue weighted by atomic mass is 19.1. The summed E-state index contributed by atoms with van der Waals surface area (Å²) in [4.78, 5) is 11.8. The van der Waals surface area contributed by atoms with Crippen molar-refractivity contribution in [2.75, 3.05) is 5.73 Å². The van der Waals surface area contributed by atoms with E-state index in [1.807, 2.05) is 0 Å². The average Bonchev–Trinajstić information content (AvgIpc) is 2.73. The van der Waals surface area contributed by atoms with Crippen molar-refractivity contribution in [1.82, 2.24) is 14.8 Å². The van der Waals surface area contributed by atoms with E-state index in [4.69, 9.17) is 10.5 Å². The standard InChI is InChI=1S/C13H15FN4O2/c1-7-10(14)4-9(5-11(7)15)13(19)20-6-12-17-16-8(2)18(12)3/h4-5H,6,15H2,1-3H3. The largest absolute Gasteiger partial charge is 0.454 e. The van der Waals surface area contributed by atoms with Crippen LogP contribution < -0.4 is 5.73 Å². The zero-order valence-corrected chi connectivity index (χ0v) is 11.5. The third-order valence-corrected chi connectivity index (χ3v) is 3.14. The molecule has 0 atom stereocenters. The zero-order valence-electron chi connectivity index (χ0n) is 11.5. The molecule has 1 aromatic heterocycles. The number of aromatic nitrogens is 3. The summed E-state index contributed by atoms with van der Waals surface area (Å²) in [5.74, 6) is 0.0285. The number of hydrogen-bond acceptors (Lipinski definition) is 5. The summed E-state index contributed by atoms with van der Waals surface area (Å²) < 4.78 is 20.3. The molecule has 7 heteroatoms. The van der Waals surface area contributed by atoms with Gasteiger partial charge in [-0.25, -0.2) is 9.18 Å². The van der Waals surface area contributed by atoms with Crippen LogP contribution in [0.15, 0.2) is 12.1 Å². The number of hydrogen-bond donors (Lipinski definition) is 1. The molecule has 2 aromatic rings. The van der Waals surface area contributed by atoms with Gasteiger partial charge in [0.05, 0.1) is 5.56 Å². The Bertz CT molecular complexity index is 643. The minimum absolute atomic E-state index is 0.0361. The molecule has 20 heavy (non-hydrogen) atoms. The summed E-state index contributed by atoms with van der Waals surface area (Å²) in [5.41, 5.74) is 6.22. The molecule has 0 unspecified atom stereocenters. The molecule has 0 saturated carbocycles. The molecule has 0 spiro atoms. The van der Waals surface area contributed by atoms with Gasteiger partial charge in [-0.3, -0.25) is 0 Å². The maximum absolute atomic E-state index is 13.5. The number of carbonyl (C=O) groups excluding carboxylic acids is 1. The van der Waals surface area contributed by atoms with E-state index in [0.717, 1.165) is 6.07 Å². The Kier molecular flexibility index (Phi) is 3.69. The van der Waals surface area contributed by atoms with Crippen LogP contribution in [0.3, 0.4) is 0 Å². The number of halogens is 1. The summed E-state index contributed by atoms with van der Waals surface area (Å²) in [6, 6.07) is 2.50. The van der Waals surface area contributed by atoms with Gasteiger partial charge in [0, 0.05) is 18.3 Å². The summed E-state index contributed by atoms with van der Waals surface area (Å²) in [6.45, 7) is 3.29. The number of benzene rings is 1. The van der Waals surface area contributed by atoms with Gasteiger partial charge in [0.1, 0.15) is 11.6 Å². The second-order valence-electron chi connectivity index (χ2n) is 4.47. The molecule has 2 N–H and O–H groups in total. The highest BCUT2D eigenvalue weighted by Crippen LogP contribution is 2.18. The van der Waals surface area contributed by atoms with E-state index in [-0.39, 0.29) is 17.9 Å². The number of nitrogen functional groups attached to an aromatic ring is 1. The van der Waals surface area contributed by atoms with Crippen LogP contribution in [-0.2, 0) is 18.4 Å². The SMILES string of the molecule is Cc1c(N)cc(C(=O)OCc2nnc(C)n2C)cc1F. The number of rotatable bonds is 3. The average molecular weight is 278 g/mol. The third kappa shape index (κ3) is 2.61. The molecule has 0 aliphatic heterocycles. The van der Waals surface area contributed by atoms with E-state index < -0.39 is 11.8 Å². The van der Waals surface area contributed by atoms with Gasteiger partial charge in [0.25, 0.3) is 0 Å². The highest BCUT2D eigenvalue weighted by molar-refractivity contribution is 5.90. The Hall–Kier alpha value is -2.44. The van der Waals surface area contributed by atoms with E-state index in [1.54, 1.807) is 25.5 Å². The van der Waals surface area contributed by atoms with Gasteiger partial charge in [0.15, 0.2) is 12.4 Å². The zero-order chi connectivity index (χ0) is 14.9. The van der Waals surface area contributed by atoms with Crippen LogP contribution in [-0.4, -0.2) is 20.7 Å². The van der Waals surface area contributed by atoms with Crippen molar-refractivity contribution in [2.45, 2.75) is 20.5 Å². The maximum Gasteiger partial charge on any atom is 0.338 e. The van der Waals surface area contributed by atoms with Crippen LogP contribution in [0.2, 0.25) is 0 Å². The van der Waals surface area contributed by atoms with Crippen molar-refractivity contribution < 1.29 is 13.9 Å². The number of nitrogens with zero attached hydrogens (tertiary/aromatic N) is 3. The normalized spacial score (nSPS) is 10.6. The Labute approximate surface area is 115 Å². The third-order valence-electron chi connectivity index (χ3n) is 3.14. The van der Waals surface area contributed by atoms with Crippen molar-refractivity contribution in [3.8, 4) is 0 Å². The minimum Gasteiger partial charge on any atom is -0.454 e. The lowest BCUT2D eigenvalue weighted by Gasteiger charge is -2.07. The van der Waals surface area contributed by atoms with Gasteiger partial charge in [-0.1, -0.05) is 0 Å². The van der Waals surface area contributed by atoms with Crippen LogP contribution in [0.1, 0.15) is 27.6 Å². The van der Waals surface area contributed by atoms with Crippen molar-refractivity contribution in [1.29, 1.82) is 0 Å². The van der Waals surface area contributed by atoms with Crippen LogP contribution in [0.25, 0.3) is 0 Å².